The zero-order valence-electron chi connectivity index (χ0n) is 13.5. The Morgan fingerprint density at radius 3 is 2.39 bits per heavy atom. The highest BCUT2D eigenvalue weighted by Crippen LogP contribution is 2.30. The summed E-state index contributed by atoms with van der Waals surface area (Å²) in [6, 6.07) is 13.5. The van der Waals surface area contributed by atoms with Crippen molar-refractivity contribution in [3.05, 3.63) is 65.2 Å². The van der Waals surface area contributed by atoms with Crippen molar-refractivity contribution >= 4 is 12.0 Å². The molecule has 0 amide bonds. The first-order valence-electron chi connectivity index (χ1n) is 7.24. The molecule has 0 atom stereocenters. The van der Waals surface area contributed by atoms with Crippen LogP contribution in [0.1, 0.15) is 21.5 Å². The summed E-state index contributed by atoms with van der Waals surface area (Å²) in [5, 5.41) is 0. The van der Waals surface area contributed by atoms with Crippen LogP contribution < -0.4 is 9.47 Å². The van der Waals surface area contributed by atoms with Crippen LogP contribution in [0.4, 0.5) is 0 Å². The molecule has 0 aliphatic heterocycles. The highest BCUT2D eigenvalue weighted by atomic mass is 16.5. The minimum atomic E-state index is -0.441. The number of rotatable bonds is 6. The highest BCUT2D eigenvalue weighted by Gasteiger charge is 2.18. The standard InChI is InChI=1S/C19H20O4/c1-21-16-12-15(11-7-10-14-8-5-4-6-9-14)18(19(20)23-3)17(13-16)22-2/h4-9,11-13H,10H2,1-3H3. The Kier molecular flexibility index (Phi) is 5.80. The fraction of sp³-hybridized carbons (Fsp3) is 0.211. The van der Waals surface area contributed by atoms with Crippen LogP contribution in [0.3, 0.4) is 0 Å². The van der Waals surface area contributed by atoms with Crippen LogP contribution in [0.25, 0.3) is 6.08 Å². The third kappa shape index (κ3) is 4.13. The van der Waals surface area contributed by atoms with Gasteiger partial charge in [-0.2, -0.15) is 0 Å². The predicted molar refractivity (Wildman–Crippen MR) is 90.1 cm³/mol. The Balaban J connectivity index is 2.36. The highest BCUT2D eigenvalue weighted by molar-refractivity contribution is 5.97. The maximum atomic E-state index is 12.1. The molecule has 0 saturated heterocycles. The van der Waals surface area contributed by atoms with Crippen molar-refractivity contribution in [1.29, 1.82) is 0 Å². The molecule has 0 aromatic heterocycles. The number of hydrogen-bond acceptors (Lipinski definition) is 4. The van der Waals surface area contributed by atoms with Crippen LogP contribution >= 0.6 is 0 Å². The topological polar surface area (TPSA) is 44.8 Å². The van der Waals surface area contributed by atoms with Crippen LogP contribution in [0.5, 0.6) is 11.5 Å². The summed E-state index contributed by atoms with van der Waals surface area (Å²) in [6.07, 6.45) is 4.64. The Bertz CT molecular complexity index is 690. The van der Waals surface area contributed by atoms with E-state index in [0.29, 0.717) is 22.6 Å². The Labute approximate surface area is 136 Å². The van der Waals surface area contributed by atoms with E-state index in [-0.39, 0.29) is 0 Å². The number of hydrogen-bond donors (Lipinski definition) is 0. The van der Waals surface area contributed by atoms with Crippen molar-refractivity contribution in [3.8, 4) is 11.5 Å². The van der Waals surface area contributed by atoms with Crippen LogP contribution in [-0.4, -0.2) is 27.3 Å². The van der Waals surface area contributed by atoms with E-state index in [0.717, 1.165) is 6.42 Å². The van der Waals surface area contributed by atoms with Crippen molar-refractivity contribution in [2.24, 2.45) is 0 Å². The molecule has 0 heterocycles. The van der Waals surface area contributed by atoms with Gasteiger partial charge in [0.1, 0.15) is 17.1 Å². The molecule has 2 rings (SSSR count). The zero-order chi connectivity index (χ0) is 16.7. The minimum absolute atomic E-state index is 0.389. The first-order valence-corrected chi connectivity index (χ1v) is 7.24. The molecule has 0 unspecified atom stereocenters. The van der Waals surface area contributed by atoms with Gasteiger partial charge < -0.3 is 14.2 Å². The van der Waals surface area contributed by atoms with Crippen molar-refractivity contribution in [1.82, 2.24) is 0 Å². The van der Waals surface area contributed by atoms with Gasteiger partial charge in [-0.1, -0.05) is 42.5 Å². The molecule has 0 N–H and O–H groups in total. The van der Waals surface area contributed by atoms with Crippen molar-refractivity contribution in [2.75, 3.05) is 21.3 Å². The molecule has 4 nitrogen and oxygen atoms in total. The zero-order valence-corrected chi connectivity index (χ0v) is 13.5. The van der Waals surface area contributed by atoms with Gasteiger partial charge >= 0.3 is 5.97 Å². The van der Waals surface area contributed by atoms with Crippen molar-refractivity contribution in [3.63, 3.8) is 0 Å². The van der Waals surface area contributed by atoms with Crippen molar-refractivity contribution < 1.29 is 19.0 Å². The van der Waals surface area contributed by atoms with E-state index in [1.54, 1.807) is 19.2 Å². The minimum Gasteiger partial charge on any atom is -0.497 e. The molecule has 0 aliphatic carbocycles. The maximum Gasteiger partial charge on any atom is 0.342 e. The molecular formula is C19H20O4. The molecular weight excluding hydrogens is 292 g/mol. The van der Waals surface area contributed by atoms with E-state index in [2.05, 4.69) is 12.1 Å². The summed E-state index contributed by atoms with van der Waals surface area (Å²) in [7, 11) is 4.44. The fourth-order valence-corrected chi connectivity index (χ4v) is 2.28. The number of benzene rings is 2. The predicted octanol–water partition coefficient (Wildman–Crippen LogP) is 3.75. The Hall–Kier alpha value is -2.75. The molecule has 0 fully saturated rings. The molecule has 0 aliphatic rings. The number of carbonyl (C=O) groups excluding carboxylic acids is 1. The van der Waals surface area contributed by atoms with Gasteiger partial charge in [-0.15, -0.1) is 0 Å². The molecule has 2 aromatic rings. The van der Waals surface area contributed by atoms with Crippen LogP contribution in [0, 0.1) is 0 Å². The summed E-state index contributed by atoms with van der Waals surface area (Å²) >= 11 is 0. The number of esters is 1. The van der Waals surface area contributed by atoms with Gasteiger partial charge in [-0.25, -0.2) is 4.79 Å². The molecule has 2 aromatic carbocycles. The first kappa shape index (κ1) is 16.6. The molecule has 0 saturated carbocycles. The normalized spacial score (nSPS) is 10.6. The van der Waals surface area contributed by atoms with Crippen LogP contribution in [-0.2, 0) is 11.2 Å². The van der Waals surface area contributed by atoms with E-state index in [9.17, 15) is 4.79 Å². The van der Waals surface area contributed by atoms with Gasteiger partial charge in [0.2, 0.25) is 0 Å². The smallest absolute Gasteiger partial charge is 0.342 e. The average molecular weight is 312 g/mol. The monoisotopic (exact) mass is 312 g/mol. The fourth-order valence-electron chi connectivity index (χ4n) is 2.28. The summed E-state index contributed by atoms with van der Waals surface area (Å²) in [5.41, 5.74) is 2.28. The number of methoxy groups -OCH3 is 3. The molecule has 0 bridgehead atoms. The Morgan fingerprint density at radius 2 is 1.78 bits per heavy atom. The van der Waals surface area contributed by atoms with Crippen LogP contribution in [0.15, 0.2) is 48.5 Å². The number of carbonyl (C=O) groups is 1. The van der Waals surface area contributed by atoms with Gasteiger partial charge in [0.15, 0.2) is 0 Å². The van der Waals surface area contributed by atoms with Crippen molar-refractivity contribution in [2.45, 2.75) is 6.42 Å². The summed E-state index contributed by atoms with van der Waals surface area (Å²) in [4.78, 5) is 12.1. The summed E-state index contributed by atoms with van der Waals surface area (Å²) in [6.45, 7) is 0. The first-order chi connectivity index (χ1) is 11.2. The third-order valence-electron chi connectivity index (χ3n) is 3.45. The van der Waals surface area contributed by atoms with Gasteiger partial charge in [0.25, 0.3) is 0 Å². The number of allylic oxidation sites excluding steroid dienone is 1. The molecule has 4 heteroatoms. The van der Waals surface area contributed by atoms with E-state index < -0.39 is 5.97 Å². The van der Waals surface area contributed by atoms with Gasteiger partial charge in [0.05, 0.1) is 21.3 Å². The summed E-state index contributed by atoms with van der Waals surface area (Å²) < 4.78 is 15.4. The molecule has 0 radical (unpaired) electrons. The average Bonchev–Trinajstić information content (AvgIpc) is 2.61. The second-order valence-electron chi connectivity index (χ2n) is 4.88. The van der Waals surface area contributed by atoms with Crippen LogP contribution in [0.2, 0.25) is 0 Å². The van der Waals surface area contributed by atoms with E-state index in [4.69, 9.17) is 14.2 Å². The lowest BCUT2D eigenvalue weighted by molar-refractivity contribution is 0.0597. The number of ether oxygens (including phenoxy) is 3. The largest absolute Gasteiger partial charge is 0.497 e. The second kappa shape index (κ2) is 8.03. The third-order valence-corrected chi connectivity index (χ3v) is 3.45. The van der Waals surface area contributed by atoms with Gasteiger partial charge in [-0.05, 0) is 23.6 Å². The summed E-state index contributed by atoms with van der Waals surface area (Å²) in [5.74, 6) is 0.605. The molecule has 120 valence electrons. The van der Waals surface area contributed by atoms with Gasteiger partial charge in [-0.3, -0.25) is 0 Å². The van der Waals surface area contributed by atoms with E-state index in [1.807, 2.05) is 30.4 Å². The SMILES string of the molecule is COC(=O)c1c(C=CCc2ccccc2)cc(OC)cc1OC. The van der Waals surface area contributed by atoms with Gasteiger partial charge in [0, 0.05) is 6.07 Å². The lowest BCUT2D eigenvalue weighted by Crippen LogP contribution is -2.07. The molecule has 23 heavy (non-hydrogen) atoms. The quantitative estimate of drug-likeness (QED) is 0.762. The molecule has 0 spiro atoms. The maximum absolute atomic E-state index is 12.1. The van der Waals surface area contributed by atoms with E-state index >= 15 is 0 Å². The lowest BCUT2D eigenvalue weighted by atomic mass is 10.0. The Morgan fingerprint density at radius 1 is 1.04 bits per heavy atom. The second-order valence-corrected chi connectivity index (χ2v) is 4.88. The lowest BCUT2D eigenvalue weighted by Gasteiger charge is -2.12. The van der Waals surface area contributed by atoms with E-state index in [1.165, 1.54) is 19.8 Å².